The highest BCUT2D eigenvalue weighted by Gasteiger charge is 2.27. The van der Waals surface area contributed by atoms with Crippen LogP contribution in [0.25, 0.3) is 0 Å². The lowest BCUT2D eigenvalue weighted by atomic mass is 10.1. The summed E-state index contributed by atoms with van der Waals surface area (Å²) in [6.45, 7) is 1.98. The molecule has 1 aromatic heterocycles. The molecule has 3 N–H and O–H groups in total. The van der Waals surface area contributed by atoms with E-state index in [9.17, 15) is 9.59 Å². The molecule has 0 spiro atoms. The fourth-order valence-electron chi connectivity index (χ4n) is 1.95. The number of hydrogen-bond acceptors (Lipinski definition) is 3. The number of unbranched alkanes of at least 4 members (excludes halogenated alkanes) is 1. The number of nitrogens with one attached hydrogen (secondary N) is 2. The lowest BCUT2D eigenvalue weighted by Gasteiger charge is -2.12. The first-order chi connectivity index (χ1) is 9.11. The molecule has 0 radical (unpaired) electrons. The number of amides is 1. The van der Waals surface area contributed by atoms with Crippen LogP contribution in [0.1, 0.15) is 61.1 Å². The third kappa shape index (κ3) is 3.56. The van der Waals surface area contributed by atoms with Crippen LogP contribution in [-0.4, -0.2) is 33.2 Å². The number of rotatable bonds is 7. The molecule has 0 bridgehead atoms. The van der Waals surface area contributed by atoms with Crippen LogP contribution in [0.2, 0.25) is 0 Å². The summed E-state index contributed by atoms with van der Waals surface area (Å²) in [4.78, 5) is 23.0. The predicted octanol–water partition coefficient (Wildman–Crippen LogP) is 1.66. The van der Waals surface area contributed by atoms with E-state index in [0.717, 1.165) is 31.4 Å². The number of H-pyrrole nitrogens is 1. The third-order valence-electron chi connectivity index (χ3n) is 3.30. The van der Waals surface area contributed by atoms with Gasteiger partial charge in [0.05, 0.1) is 0 Å². The molecular weight excluding hydrogens is 246 g/mol. The number of carbonyl (C=O) groups excluding carboxylic acids is 1. The van der Waals surface area contributed by atoms with Gasteiger partial charge in [0.2, 0.25) is 0 Å². The maximum absolute atomic E-state index is 11.9. The van der Waals surface area contributed by atoms with Crippen molar-refractivity contribution in [2.75, 3.05) is 0 Å². The van der Waals surface area contributed by atoms with E-state index in [0.29, 0.717) is 12.3 Å². The molecule has 1 atom stereocenters. The number of carboxylic acid groups (broad SMARTS) is 1. The molecule has 1 aromatic rings. The molecule has 19 heavy (non-hydrogen) atoms. The normalized spacial score (nSPS) is 16.1. The Kier molecular flexibility index (Phi) is 4.19. The lowest BCUT2D eigenvalue weighted by molar-refractivity contribution is -0.139. The van der Waals surface area contributed by atoms with Gasteiger partial charge in [-0.3, -0.25) is 9.89 Å². The molecule has 1 aliphatic carbocycles. The maximum atomic E-state index is 11.9. The first kappa shape index (κ1) is 13.6. The summed E-state index contributed by atoms with van der Waals surface area (Å²) in [5.41, 5.74) is 1.23. The van der Waals surface area contributed by atoms with Crippen LogP contribution in [-0.2, 0) is 4.79 Å². The summed E-state index contributed by atoms with van der Waals surface area (Å²) in [5, 5.41) is 18.4. The fraction of sp³-hybridized carbons (Fsp3) is 0.615. The second-order valence-corrected chi connectivity index (χ2v) is 4.99. The highest BCUT2D eigenvalue weighted by Crippen LogP contribution is 2.38. The predicted molar refractivity (Wildman–Crippen MR) is 69.0 cm³/mol. The van der Waals surface area contributed by atoms with Crippen molar-refractivity contribution in [3.05, 3.63) is 17.5 Å². The van der Waals surface area contributed by atoms with Crippen LogP contribution in [0.15, 0.2) is 6.07 Å². The average molecular weight is 265 g/mol. The Morgan fingerprint density at radius 3 is 2.89 bits per heavy atom. The Hall–Kier alpha value is -1.85. The topological polar surface area (TPSA) is 95.1 Å². The molecule has 1 heterocycles. The van der Waals surface area contributed by atoms with Gasteiger partial charge >= 0.3 is 5.97 Å². The Balaban J connectivity index is 1.94. The molecular formula is C13H19N3O3. The van der Waals surface area contributed by atoms with Gasteiger partial charge in [-0.15, -0.1) is 0 Å². The van der Waals surface area contributed by atoms with E-state index in [1.807, 2.05) is 6.92 Å². The SMILES string of the molecule is CCCCC(NC(=O)c1cc(C2CC2)[nH]n1)C(=O)O. The molecule has 0 aliphatic heterocycles. The number of aliphatic carboxylic acids is 1. The number of hydrogen-bond donors (Lipinski definition) is 3. The van der Waals surface area contributed by atoms with Gasteiger partial charge in [-0.2, -0.15) is 5.10 Å². The summed E-state index contributed by atoms with van der Waals surface area (Å²) >= 11 is 0. The standard InChI is InChI=1S/C13H19N3O3/c1-2-3-4-9(13(18)19)14-12(17)11-7-10(15-16-11)8-5-6-8/h7-9H,2-6H2,1H3,(H,14,17)(H,15,16)(H,18,19). The largest absolute Gasteiger partial charge is 0.480 e. The summed E-state index contributed by atoms with van der Waals surface area (Å²) in [6, 6.07) is 0.875. The van der Waals surface area contributed by atoms with Crippen LogP contribution in [0.3, 0.4) is 0 Å². The van der Waals surface area contributed by atoms with Gasteiger partial charge in [0.1, 0.15) is 11.7 Å². The molecule has 104 valence electrons. The summed E-state index contributed by atoms with van der Waals surface area (Å²) in [6.07, 6.45) is 4.35. The Morgan fingerprint density at radius 1 is 1.58 bits per heavy atom. The van der Waals surface area contributed by atoms with E-state index >= 15 is 0 Å². The Morgan fingerprint density at radius 2 is 2.32 bits per heavy atom. The average Bonchev–Trinajstić information content (AvgIpc) is 3.11. The lowest BCUT2D eigenvalue weighted by Crippen LogP contribution is -2.40. The van der Waals surface area contributed by atoms with Gasteiger partial charge in [0.15, 0.2) is 0 Å². The highest BCUT2D eigenvalue weighted by atomic mass is 16.4. The van der Waals surface area contributed by atoms with E-state index in [-0.39, 0.29) is 5.69 Å². The zero-order chi connectivity index (χ0) is 13.8. The van der Waals surface area contributed by atoms with Crippen molar-refractivity contribution in [1.82, 2.24) is 15.5 Å². The summed E-state index contributed by atoms with van der Waals surface area (Å²) in [7, 11) is 0. The molecule has 1 saturated carbocycles. The second kappa shape index (κ2) is 5.86. The second-order valence-electron chi connectivity index (χ2n) is 4.99. The number of nitrogens with zero attached hydrogens (tertiary/aromatic N) is 1. The van der Waals surface area contributed by atoms with E-state index in [1.54, 1.807) is 6.07 Å². The van der Waals surface area contributed by atoms with E-state index in [4.69, 9.17) is 5.11 Å². The molecule has 1 aliphatic rings. The van der Waals surface area contributed by atoms with Crippen molar-refractivity contribution in [2.45, 2.75) is 51.0 Å². The van der Waals surface area contributed by atoms with E-state index < -0.39 is 17.9 Å². The molecule has 1 fully saturated rings. The quantitative estimate of drug-likeness (QED) is 0.698. The van der Waals surface area contributed by atoms with Gasteiger partial charge in [0, 0.05) is 11.6 Å². The van der Waals surface area contributed by atoms with Crippen LogP contribution in [0.4, 0.5) is 0 Å². The van der Waals surface area contributed by atoms with Crippen molar-refractivity contribution in [2.24, 2.45) is 0 Å². The number of carboxylic acids is 1. The molecule has 0 saturated heterocycles. The minimum absolute atomic E-state index is 0.268. The zero-order valence-corrected chi connectivity index (χ0v) is 11.0. The number of aromatic nitrogens is 2. The Bertz CT molecular complexity index is 465. The van der Waals surface area contributed by atoms with Gasteiger partial charge < -0.3 is 10.4 Å². The van der Waals surface area contributed by atoms with Crippen LogP contribution >= 0.6 is 0 Å². The number of aromatic amines is 1. The Labute approximate surface area is 111 Å². The van der Waals surface area contributed by atoms with Crippen molar-refractivity contribution in [1.29, 1.82) is 0 Å². The maximum Gasteiger partial charge on any atom is 0.326 e. The minimum Gasteiger partial charge on any atom is -0.480 e. The van der Waals surface area contributed by atoms with Crippen molar-refractivity contribution in [3.8, 4) is 0 Å². The van der Waals surface area contributed by atoms with E-state index in [2.05, 4.69) is 15.5 Å². The highest BCUT2D eigenvalue weighted by molar-refractivity contribution is 5.95. The van der Waals surface area contributed by atoms with E-state index in [1.165, 1.54) is 0 Å². The van der Waals surface area contributed by atoms with Crippen LogP contribution < -0.4 is 5.32 Å². The number of carbonyl (C=O) groups is 2. The van der Waals surface area contributed by atoms with Crippen LogP contribution in [0.5, 0.6) is 0 Å². The minimum atomic E-state index is -1.00. The van der Waals surface area contributed by atoms with Gasteiger partial charge in [-0.1, -0.05) is 19.8 Å². The fourth-order valence-corrected chi connectivity index (χ4v) is 1.95. The molecule has 1 amide bonds. The van der Waals surface area contributed by atoms with Crippen molar-refractivity contribution in [3.63, 3.8) is 0 Å². The molecule has 6 nitrogen and oxygen atoms in total. The van der Waals surface area contributed by atoms with Crippen LogP contribution in [0, 0.1) is 0 Å². The van der Waals surface area contributed by atoms with Crippen molar-refractivity contribution < 1.29 is 14.7 Å². The van der Waals surface area contributed by atoms with Gasteiger partial charge in [-0.05, 0) is 25.3 Å². The molecule has 1 unspecified atom stereocenters. The van der Waals surface area contributed by atoms with Crippen molar-refractivity contribution >= 4 is 11.9 Å². The molecule has 2 rings (SSSR count). The first-order valence-electron chi connectivity index (χ1n) is 6.70. The smallest absolute Gasteiger partial charge is 0.326 e. The summed E-state index contributed by atoms with van der Waals surface area (Å²) in [5.74, 6) is -0.934. The van der Waals surface area contributed by atoms with Gasteiger partial charge in [-0.25, -0.2) is 4.79 Å². The zero-order valence-electron chi connectivity index (χ0n) is 11.0. The third-order valence-corrected chi connectivity index (χ3v) is 3.30. The molecule has 6 heteroatoms. The first-order valence-corrected chi connectivity index (χ1v) is 6.70. The van der Waals surface area contributed by atoms with Gasteiger partial charge in [0.25, 0.3) is 5.91 Å². The molecule has 0 aromatic carbocycles. The monoisotopic (exact) mass is 265 g/mol. The summed E-state index contributed by atoms with van der Waals surface area (Å²) < 4.78 is 0.